The number of hydrogen-bond donors (Lipinski definition) is 1. The Labute approximate surface area is 190 Å². The summed E-state index contributed by atoms with van der Waals surface area (Å²) in [6.45, 7) is -0.171. The molecule has 2 aromatic heterocycles. The van der Waals surface area contributed by atoms with Gasteiger partial charge in [0.2, 0.25) is 11.6 Å². The van der Waals surface area contributed by atoms with Crippen molar-refractivity contribution in [2.24, 2.45) is 5.10 Å². The Hall–Kier alpha value is -4.12. The molecule has 2 aromatic carbocycles. The number of nitrogens with zero attached hydrogens (tertiary/aromatic N) is 5. The van der Waals surface area contributed by atoms with Crippen LogP contribution in [-0.4, -0.2) is 38.3 Å². The lowest BCUT2D eigenvalue weighted by atomic mass is 10.2. The molecule has 0 fully saturated rings. The van der Waals surface area contributed by atoms with Crippen molar-refractivity contribution in [3.63, 3.8) is 0 Å². The van der Waals surface area contributed by atoms with Gasteiger partial charge in [0.25, 0.3) is 5.91 Å². The normalized spacial score (nSPS) is 10.9. The van der Waals surface area contributed by atoms with Gasteiger partial charge in [-0.2, -0.15) is 9.90 Å². The molecule has 4 rings (SSSR count). The molecule has 1 N–H and O–H groups in total. The van der Waals surface area contributed by atoms with E-state index in [1.165, 1.54) is 23.3 Å². The summed E-state index contributed by atoms with van der Waals surface area (Å²) in [5.41, 5.74) is 3.64. The zero-order valence-electron chi connectivity index (χ0n) is 16.4. The third kappa shape index (κ3) is 5.32. The summed E-state index contributed by atoms with van der Waals surface area (Å²) in [5.74, 6) is -0.374. The monoisotopic (exact) mass is 494 g/mol. The molecule has 0 atom stereocenters. The van der Waals surface area contributed by atoms with Gasteiger partial charge in [-0.05, 0) is 35.5 Å². The molecule has 11 heteroatoms. The second-order valence-electron chi connectivity index (χ2n) is 6.35. The number of halogens is 1. The first kappa shape index (κ1) is 21.1. The lowest BCUT2D eigenvalue weighted by molar-refractivity contribution is -0.122. The summed E-state index contributed by atoms with van der Waals surface area (Å²) in [7, 11) is 0. The van der Waals surface area contributed by atoms with Crippen LogP contribution in [0.25, 0.3) is 11.4 Å². The quantitative estimate of drug-likeness (QED) is 0.181. The smallest absolute Gasteiger partial charge is 0.379 e. The van der Waals surface area contributed by atoms with E-state index in [-0.39, 0.29) is 18.1 Å². The van der Waals surface area contributed by atoms with E-state index in [1.807, 2.05) is 30.3 Å². The van der Waals surface area contributed by atoms with Gasteiger partial charge in [0.1, 0.15) is 12.3 Å². The fourth-order valence-electron chi connectivity index (χ4n) is 2.61. The molecule has 0 radical (unpaired) electrons. The van der Waals surface area contributed by atoms with Crippen molar-refractivity contribution in [1.82, 2.24) is 25.6 Å². The standard InChI is InChI=1S/C21H15BrN6O4/c22-16-8-9-17(32-21(30)18-7-4-10-31-18)15(11-16)12-23-24-19(29)13-28-26-20(25-27-28)14-5-2-1-3-6-14/h1-12H,13H2,(H,24,29). The first-order valence-electron chi connectivity index (χ1n) is 9.29. The van der Waals surface area contributed by atoms with Crippen molar-refractivity contribution < 1.29 is 18.7 Å². The number of tetrazole rings is 1. The Morgan fingerprint density at radius 2 is 2.00 bits per heavy atom. The molecule has 0 aliphatic rings. The lowest BCUT2D eigenvalue weighted by Gasteiger charge is -2.06. The molecule has 0 saturated carbocycles. The number of hydrogen-bond acceptors (Lipinski definition) is 8. The van der Waals surface area contributed by atoms with Gasteiger partial charge in [-0.3, -0.25) is 4.79 Å². The molecular weight excluding hydrogens is 480 g/mol. The Morgan fingerprint density at radius 1 is 1.16 bits per heavy atom. The van der Waals surface area contributed by atoms with Gasteiger partial charge in [0, 0.05) is 15.6 Å². The van der Waals surface area contributed by atoms with Crippen molar-refractivity contribution in [3.05, 3.63) is 82.7 Å². The summed E-state index contributed by atoms with van der Waals surface area (Å²) in [6, 6.07) is 17.4. The Kier molecular flexibility index (Phi) is 6.46. The number of hydrazone groups is 1. The van der Waals surface area contributed by atoms with Crippen LogP contribution in [0.4, 0.5) is 0 Å². The molecule has 0 bridgehead atoms. The third-order valence-corrected chi connectivity index (χ3v) is 4.55. The number of nitrogens with one attached hydrogen (secondary N) is 1. The van der Waals surface area contributed by atoms with Gasteiger partial charge in [-0.25, -0.2) is 10.2 Å². The molecule has 0 spiro atoms. The molecule has 1 amide bonds. The highest BCUT2D eigenvalue weighted by Gasteiger charge is 2.14. The van der Waals surface area contributed by atoms with Crippen LogP contribution in [0, 0.1) is 0 Å². The van der Waals surface area contributed by atoms with Crippen LogP contribution in [0.15, 0.2) is 80.9 Å². The van der Waals surface area contributed by atoms with Crippen molar-refractivity contribution in [1.29, 1.82) is 0 Å². The minimum atomic E-state index is -0.650. The van der Waals surface area contributed by atoms with Crippen molar-refractivity contribution in [3.8, 4) is 17.1 Å². The van der Waals surface area contributed by atoms with Crippen LogP contribution in [0.1, 0.15) is 16.1 Å². The number of aromatic nitrogens is 4. The molecule has 0 aliphatic carbocycles. The van der Waals surface area contributed by atoms with E-state index in [1.54, 1.807) is 24.3 Å². The first-order valence-corrected chi connectivity index (χ1v) is 10.1. The maximum atomic E-state index is 12.2. The summed E-state index contributed by atoms with van der Waals surface area (Å²) in [6.07, 6.45) is 2.74. The predicted molar refractivity (Wildman–Crippen MR) is 117 cm³/mol. The van der Waals surface area contributed by atoms with Crippen LogP contribution in [-0.2, 0) is 11.3 Å². The largest absolute Gasteiger partial charge is 0.457 e. The molecule has 0 saturated heterocycles. The summed E-state index contributed by atoms with van der Waals surface area (Å²) < 4.78 is 11.1. The number of amides is 1. The van der Waals surface area contributed by atoms with E-state index in [0.29, 0.717) is 11.4 Å². The van der Waals surface area contributed by atoms with Crippen LogP contribution in [0.2, 0.25) is 0 Å². The van der Waals surface area contributed by atoms with Gasteiger partial charge >= 0.3 is 5.97 Å². The average Bonchev–Trinajstić information content (AvgIpc) is 3.49. The summed E-state index contributed by atoms with van der Waals surface area (Å²) in [4.78, 5) is 25.5. The highest BCUT2D eigenvalue weighted by atomic mass is 79.9. The zero-order chi connectivity index (χ0) is 22.3. The Morgan fingerprint density at radius 3 is 2.78 bits per heavy atom. The number of ether oxygens (including phenoxy) is 1. The van der Waals surface area contributed by atoms with Gasteiger partial charge in [0.05, 0.1) is 12.5 Å². The van der Waals surface area contributed by atoms with Gasteiger partial charge < -0.3 is 9.15 Å². The molecule has 32 heavy (non-hydrogen) atoms. The van der Waals surface area contributed by atoms with Crippen LogP contribution in [0.5, 0.6) is 5.75 Å². The number of esters is 1. The average molecular weight is 495 g/mol. The predicted octanol–water partition coefficient (Wildman–Crippen LogP) is 3.07. The minimum Gasteiger partial charge on any atom is -0.457 e. The van der Waals surface area contributed by atoms with Crippen molar-refractivity contribution in [2.45, 2.75) is 6.54 Å². The lowest BCUT2D eigenvalue weighted by Crippen LogP contribution is -2.24. The maximum absolute atomic E-state index is 12.2. The fraction of sp³-hybridized carbons (Fsp3) is 0.0476. The molecular formula is C21H15BrN6O4. The number of carbonyl (C=O) groups is 2. The number of rotatable bonds is 7. The highest BCUT2D eigenvalue weighted by molar-refractivity contribution is 9.10. The summed E-state index contributed by atoms with van der Waals surface area (Å²) in [5, 5.41) is 15.9. The molecule has 10 nitrogen and oxygen atoms in total. The molecule has 160 valence electrons. The van der Waals surface area contributed by atoms with Crippen LogP contribution >= 0.6 is 15.9 Å². The zero-order valence-corrected chi connectivity index (χ0v) is 18.0. The fourth-order valence-corrected chi connectivity index (χ4v) is 2.99. The number of furan rings is 1. The van der Waals surface area contributed by atoms with E-state index in [4.69, 9.17) is 9.15 Å². The van der Waals surface area contributed by atoms with Gasteiger partial charge in [-0.1, -0.05) is 46.3 Å². The van der Waals surface area contributed by atoms with Crippen LogP contribution in [0.3, 0.4) is 0 Å². The number of carbonyl (C=O) groups excluding carboxylic acids is 2. The van der Waals surface area contributed by atoms with E-state index in [2.05, 4.69) is 41.9 Å². The van der Waals surface area contributed by atoms with Crippen molar-refractivity contribution >= 4 is 34.0 Å². The van der Waals surface area contributed by atoms with Gasteiger partial charge in [0.15, 0.2) is 0 Å². The molecule has 0 aliphatic heterocycles. The van der Waals surface area contributed by atoms with Crippen molar-refractivity contribution in [2.75, 3.05) is 0 Å². The first-order chi connectivity index (χ1) is 15.6. The second-order valence-corrected chi connectivity index (χ2v) is 7.27. The Bertz CT molecular complexity index is 1250. The maximum Gasteiger partial charge on any atom is 0.379 e. The van der Waals surface area contributed by atoms with E-state index in [9.17, 15) is 9.59 Å². The minimum absolute atomic E-state index is 0.0688. The molecule has 0 unspecified atom stereocenters. The second kappa shape index (κ2) is 9.79. The van der Waals surface area contributed by atoms with Crippen LogP contribution < -0.4 is 10.2 Å². The van der Waals surface area contributed by atoms with Gasteiger partial charge in [-0.15, -0.1) is 10.2 Å². The molecule has 4 aromatic rings. The topological polar surface area (TPSA) is 125 Å². The van der Waals surface area contributed by atoms with E-state index in [0.717, 1.165) is 10.0 Å². The van der Waals surface area contributed by atoms with E-state index >= 15 is 0 Å². The number of benzene rings is 2. The Balaban J connectivity index is 1.38. The van der Waals surface area contributed by atoms with E-state index < -0.39 is 11.9 Å². The summed E-state index contributed by atoms with van der Waals surface area (Å²) >= 11 is 3.35. The molecule has 2 heterocycles. The highest BCUT2D eigenvalue weighted by Crippen LogP contribution is 2.23. The third-order valence-electron chi connectivity index (χ3n) is 4.06. The SMILES string of the molecule is O=C(Cn1nnc(-c2ccccc2)n1)NN=Cc1cc(Br)ccc1OC(=O)c1ccco1.